The van der Waals surface area contributed by atoms with Crippen molar-refractivity contribution < 1.29 is 0 Å². The summed E-state index contributed by atoms with van der Waals surface area (Å²) in [7, 11) is 0. The molecule has 4 heterocycles. The van der Waals surface area contributed by atoms with Crippen LogP contribution in [0.25, 0.3) is 22.3 Å². The first kappa shape index (κ1) is 41.5. The van der Waals surface area contributed by atoms with E-state index in [1.165, 1.54) is 16.0 Å². The van der Waals surface area contributed by atoms with Gasteiger partial charge in [-0.2, -0.15) is 0 Å². The lowest BCUT2D eigenvalue weighted by Crippen LogP contribution is -2.19. The number of thioether (sulfide) groups is 1. The fourth-order valence-electron chi connectivity index (χ4n) is 7.69. The molecule has 0 amide bonds. The van der Waals surface area contributed by atoms with Gasteiger partial charge in [-0.15, -0.1) is 11.8 Å². The number of nitrogens with zero attached hydrogens (tertiary/aromatic N) is 2. The zero-order valence-corrected chi connectivity index (χ0v) is 37.2. The zero-order valence-electron chi connectivity index (χ0n) is 36.4. The zero-order chi connectivity index (χ0) is 44.0. The van der Waals surface area contributed by atoms with Gasteiger partial charge in [0.2, 0.25) is 0 Å². The Morgan fingerprint density at radius 2 is 1.05 bits per heavy atom. The van der Waals surface area contributed by atoms with Gasteiger partial charge in [0.15, 0.2) is 0 Å². The molecular formula is C59H46N4S. The van der Waals surface area contributed by atoms with Crippen molar-refractivity contribution in [2.75, 3.05) is 12.8 Å². The van der Waals surface area contributed by atoms with Crippen LogP contribution in [0.2, 0.25) is 0 Å². The molecule has 0 spiro atoms. The van der Waals surface area contributed by atoms with Crippen LogP contribution in [0.1, 0.15) is 68.4 Å². The van der Waals surface area contributed by atoms with E-state index in [4.69, 9.17) is 9.98 Å². The second kappa shape index (κ2) is 18.6. The second-order valence-electron chi connectivity index (χ2n) is 15.9. The van der Waals surface area contributed by atoms with Gasteiger partial charge in [0, 0.05) is 60.4 Å². The SMILES string of the molecule is C=C(c1ccc(SC)cc1)c1ccc(/C(=C2/C=CC(C(/C)=c3/cc/c(=C(/C4=NCC=C4)c4ccc(C#Cc5ccc(C)cc5)cc4)[nH]3)=N2)c2ccc(C#Cc3ccc(C)cc3)cc2)[nH]1. The standard InChI is InChI=1S/C59H46N4S/c1-39-8-12-43(13-9-39)16-18-45-20-24-48(25-21-45)58(54-7-6-38-60-54)55-36-33-52(62-55)42(4)53-34-37-57(63-53)59(49-26-22-46(23-27-49)19-17-44-14-10-40(2)11-15-44)56-35-32-51(61-56)41(3)47-28-30-50(64-5)31-29-47/h6-15,20-37,61-62H,3,38H2,1-2,4-5H3/b52-42-,58-55-,59-57-. The van der Waals surface area contributed by atoms with Gasteiger partial charge < -0.3 is 9.97 Å². The molecule has 0 bridgehead atoms. The van der Waals surface area contributed by atoms with Crippen molar-refractivity contribution in [1.82, 2.24) is 9.97 Å². The van der Waals surface area contributed by atoms with Crippen molar-refractivity contribution in [1.29, 1.82) is 0 Å². The van der Waals surface area contributed by atoms with E-state index in [1.54, 1.807) is 11.8 Å². The first-order valence-electron chi connectivity index (χ1n) is 21.3. The number of aromatic amines is 2. The molecule has 308 valence electrons. The van der Waals surface area contributed by atoms with Crippen molar-refractivity contribution in [3.8, 4) is 23.7 Å². The number of allylic oxidation sites excluding steroid dienone is 3. The highest BCUT2D eigenvalue weighted by Gasteiger charge is 2.19. The van der Waals surface area contributed by atoms with Gasteiger partial charge in [-0.1, -0.05) is 108 Å². The summed E-state index contributed by atoms with van der Waals surface area (Å²) in [4.78, 5) is 18.8. The third kappa shape index (κ3) is 9.32. The van der Waals surface area contributed by atoms with Crippen molar-refractivity contribution in [3.05, 3.63) is 254 Å². The highest BCUT2D eigenvalue weighted by Crippen LogP contribution is 2.33. The topological polar surface area (TPSA) is 56.3 Å². The quantitative estimate of drug-likeness (QED) is 0.116. The van der Waals surface area contributed by atoms with E-state index in [1.807, 2.05) is 0 Å². The molecule has 0 aliphatic carbocycles. The van der Waals surface area contributed by atoms with Gasteiger partial charge >= 0.3 is 0 Å². The van der Waals surface area contributed by atoms with Crippen LogP contribution in [-0.4, -0.2) is 34.2 Å². The minimum Gasteiger partial charge on any atom is -0.355 e. The van der Waals surface area contributed by atoms with Gasteiger partial charge in [-0.3, -0.25) is 4.99 Å². The van der Waals surface area contributed by atoms with E-state index < -0.39 is 0 Å². The Balaban J connectivity index is 1.07. The molecule has 64 heavy (non-hydrogen) atoms. The van der Waals surface area contributed by atoms with E-state index in [2.05, 4.69) is 237 Å². The largest absolute Gasteiger partial charge is 0.355 e. The Labute approximate surface area is 380 Å². The second-order valence-corrected chi connectivity index (χ2v) is 16.8. The number of aromatic nitrogens is 2. The van der Waals surface area contributed by atoms with Crippen molar-refractivity contribution >= 4 is 45.5 Å². The lowest BCUT2D eigenvalue weighted by atomic mass is 9.99. The third-order valence-electron chi connectivity index (χ3n) is 11.4. The number of nitrogens with one attached hydrogen (secondary N) is 2. The molecule has 2 aliphatic heterocycles. The van der Waals surface area contributed by atoms with Crippen molar-refractivity contribution in [2.24, 2.45) is 9.98 Å². The van der Waals surface area contributed by atoms with Crippen LogP contribution in [0, 0.1) is 37.5 Å². The van der Waals surface area contributed by atoms with Crippen LogP contribution in [0.3, 0.4) is 0 Å². The number of hydrogen-bond donors (Lipinski definition) is 2. The number of benzene rings is 5. The lowest BCUT2D eigenvalue weighted by molar-refractivity contribution is 1.24. The molecule has 0 saturated carbocycles. The number of H-pyrrole nitrogens is 2. The molecular weight excluding hydrogens is 797 g/mol. The molecule has 5 aromatic carbocycles. The molecule has 0 atom stereocenters. The molecule has 2 aromatic heterocycles. The molecule has 5 heteroatoms. The van der Waals surface area contributed by atoms with E-state index >= 15 is 0 Å². The molecule has 2 aliphatic rings. The predicted molar refractivity (Wildman–Crippen MR) is 270 cm³/mol. The fourth-order valence-corrected chi connectivity index (χ4v) is 8.10. The average molecular weight is 843 g/mol. The average Bonchev–Trinajstić information content (AvgIpc) is 4.20. The molecule has 7 aromatic rings. The number of aliphatic imine (C=N–C) groups is 2. The van der Waals surface area contributed by atoms with E-state index in [0.29, 0.717) is 6.54 Å². The lowest BCUT2D eigenvalue weighted by Gasteiger charge is -2.10. The van der Waals surface area contributed by atoms with Crippen LogP contribution in [-0.2, 0) is 0 Å². The summed E-state index contributed by atoms with van der Waals surface area (Å²) in [6.45, 7) is 11.4. The summed E-state index contributed by atoms with van der Waals surface area (Å²) in [6, 6.07) is 50.5. The fraction of sp³-hybridized carbons (Fsp3) is 0.0847. The summed E-state index contributed by atoms with van der Waals surface area (Å²) in [5.74, 6) is 13.3. The molecule has 0 saturated heterocycles. The maximum Gasteiger partial charge on any atom is 0.0737 e. The Morgan fingerprint density at radius 3 is 1.59 bits per heavy atom. The summed E-state index contributed by atoms with van der Waals surface area (Å²) < 4.78 is 0. The minimum atomic E-state index is 0.669. The maximum atomic E-state index is 5.30. The van der Waals surface area contributed by atoms with E-state index in [-0.39, 0.29) is 0 Å². The Kier molecular flexibility index (Phi) is 12.1. The van der Waals surface area contributed by atoms with Gasteiger partial charge in [0.25, 0.3) is 0 Å². The first-order chi connectivity index (χ1) is 31.3. The first-order valence-corrected chi connectivity index (χ1v) is 22.5. The molecule has 9 rings (SSSR count). The van der Waals surface area contributed by atoms with Crippen LogP contribution < -0.4 is 10.7 Å². The molecule has 0 unspecified atom stereocenters. The summed E-state index contributed by atoms with van der Waals surface area (Å²) >= 11 is 1.73. The maximum absolute atomic E-state index is 5.30. The van der Waals surface area contributed by atoms with E-state index in [0.717, 1.165) is 100 Å². The van der Waals surface area contributed by atoms with Crippen LogP contribution >= 0.6 is 11.8 Å². The summed E-state index contributed by atoms with van der Waals surface area (Å²) in [5, 5.41) is 1.98. The highest BCUT2D eigenvalue weighted by molar-refractivity contribution is 7.98. The monoisotopic (exact) mass is 842 g/mol. The molecule has 4 nitrogen and oxygen atoms in total. The Hall–Kier alpha value is -7.83. The minimum absolute atomic E-state index is 0.669. The molecule has 0 radical (unpaired) electrons. The van der Waals surface area contributed by atoms with Crippen molar-refractivity contribution in [3.63, 3.8) is 0 Å². The highest BCUT2D eigenvalue weighted by atomic mass is 32.2. The number of hydrogen-bond acceptors (Lipinski definition) is 3. The number of rotatable bonds is 8. The Morgan fingerprint density at radius 1 is 0.531 bits per heavy atom. The third-order valence-corrected chi connectivity index (χ3v) is 12.2. The number of aryl methyl sites for hydroxylation is 2. The van der Waals surface area contributed by atoms with Gasteiger partial charge in [-0.05, 0) is 158 Å². The molecule has 2 N–H and O–H groups in total. The van der Waals surface area contributed by atoms with E-state index in [9.17, 15) is 0 Å². The molecule has 0 fully saturated rings. The van der Waals surface area contributed by atoms with Gasteiger partial charge in [-0.25, -0.2) is 4.99 Å². The van der Waals surface area contributed by atoms with Crippen LogP contribution in [0.15, 0.2) is 197 Å². The van der Waals surface area contributed by atoms with Crippen LogP contribution in [0.4, 0.5) is 0 Å². The normalized spacial score (nSPS) is 14.5. The predicted octanol–water partition coefficient (Wildman–Crippen LogP) is 11.4. The smallest absolute Gasteiger partial charge is 0.0737 e. The summed E-state index contributed by atoms with van der Waals surface area (Å²) in [5.41, 5.74) is 18.2. The Bertz CT molecular complexity index is 3320. The van der Waals surface area contributed by atoms with Crippen molar-refractivity contribution in [2.45, 2.75) is 25.7 Å². The van der Waals surface area contributed by atoms with Gasteiger partial charge in [0.1, 0.15) is 0 Å². The van der Waals surface area contributed by atoms with Crippen LogP contribution in [0.5, 0.6) is 0 Å². The summed E-state index contributed by atoms with van der Waals surface area (Å²) in [6.07, 6.45) is 10.5. The van der Waals surface area contributed by atoms with Gasteiger partial charge in [0.05, 0.1) is 23.7 Å².